The Kier molecular flexibility index (Phi) is 6.61. The summed E-state index contributed by atoms with van der Waals surface area (Å²) in [6, 6.07) is 24.3. The Bertz CT molecular complexity index is 1600. The summed E-state index contributed by atoms with van der Waals surface area (Å²) in [5.41, 5.74) is 7.37. The number of para-hydroxylation sites is 1. The molecule has 0 bridgehead atoms. The number of fused-ring (bicyclic) bond motifs is 1. The highest BCUT2D eigenvalue weighted by Crippen LogP contribution is 2.39. The number of halogens is 1. The number of nitrogens with zero attached hydrogens (tertiary/aromatic N) is 2. The summed E-state index contributed by atoms with van der Waals surface area (Å²) in [5.74, 6) is -1.16. The maximum absolute atomic E-state index is 13.6. The third kappa shape index (κ3) is 4.60. The minimum Gasteiger partial charge on any atom is -0.505 e. The van der Waals surface area contributed by atoms with E-state index < -0.39 is 5.97 Å². The number of hydrazone groups is 1. The van der Waals surface area contributed by atoms with E-state index in [1.54, 1.807) is 53.4 Å². The molecule has 1 aliphatic rings. The highest BCUT2D eigenvalue weighted by Gasteiger charge is 2.35. The normalized spacial score (nSPS) is 13.7. The summed E-state index contributed by atoms with van der Waals surface area (Å²) in [5, 5.41) is 25.1. The van der Waals surface area contributed by atoms with Crippen molar-refractivity contribution in [2.24, 2.45) is 5.10 Å². The molecule has 0 spiro atoms. The number of nitrogens with one attached hydrogen (secondary N) is 1. The van der Waals surface area contributed by atoms with E-state index in [0.29, 0.717) is 39.0 Å². The quantitative estimate of drug-likeness (QED) is 0.185. The van der Waals surface area contributed by atoms with Crippen LogP contribution in [0, 0.1) is 0 Å². The van der Waals surface area contributed by atoms with E-state index in [4.69, 9.17) is 11.6 Å². The number of phenols is 1. The van der Waals surface area contributed by atoms with Crippen molar-refractivity contribution in [2.75, 3.05) is 10.3 Å². The van der Waals surface area contributed by atoms with Gasteiger partial charge in [-0.15, -0.1) is 0 Å². The molecule has 7 nitrogen and oxygen atoms in total. The molecule has 4 aromatic carbocycles. The maximum atomic E-state index is 13.6. The summed E-state index contributed by atoms with van der Waals surface area (Å²) < 4.78 is 0. The number of hydrogen-bond acceptors (Lipinski definition) is 5. The van der Waals surface area contributed by atoms with E-state index >= 15 is 0 Å². The molecule has 1 amide bonds. The molecule has 1 aliphatic heterocycles. The highest BCUT2D eigenvalue weighted by molar-refractivity contribution is 6.56. The molecule has 0 aromatic heterocycles. The molecule has 0 unspecified atom stereocenters. The molecule has 0 fully saturated rings. The van der Waals surface area contributed by atoms with Crippen LogP contribution in [0.4, 0.5) is 17.1 Å². The van der Waals surface area contributed by atoms with Crippen molar-refractivity contribution in [2.45, 2.75) is 19.8 Å². The number of benzene rings is 4. The molecule has 0 saturated carbocycles. The molecular formula is C30H24ClN3O4. The lowest BCUT2D eigenvalue weighted by molar-refractivity contribution is -0.111. The van der Waals surface area contributed by atoms with Crippen LogP contribution in [-0.4, -0.2) is 27.8 Å². The van der Waals surface area contributed by atoms with E-state index in [2.05, 4.69) is 24.4 Å². The number of anilines is 3. The van der Waals surface area contributed by atoms with Gasteiger partial charge in [0.1, 0.15) is 5.75 Å². The van der Waals surface area contributed by atoms with E-state index in [9.17, 15) is 19.8 Å². The molecule has 3 N–H and O–H groups in total. The number of phenolic OH excluding ortho intramolecular Hbond substituents is 1. The zero-order chi connectivity index (χ0) is 27.0. The molecule has 0 saturated heterocycles. The van der Waals surface area contributed by atoms with E-state index in [0.717, 1.165) is 5.56 Å². The van der Waals surface area contributed by atoms with Gasteiger partial charge in [0.05, 0.1) is 16.9 Å². The van der Waals surface area contributed by atoms with Crippen molar-refractivity contribution < 1.29 is 19.8 Å². The van der Waals surface area contributed by atoms with Gasteiger partial charge in [0, 0.05) is 21.8 Å². The van der Waals surface area contributed by atoms with Gasteiger partial charge in [-0.2, -0.15) is 5.10 Å². The monoisotopic (exact) mass is 525 g/mol. The average molecular weight is 526 g/mol. The topological polar surface area (TPSA) is 102 Å². The van der Waals surface area contributed by atoms with Crippen molar-refractivity contribution in [1.29, 1.82) is 0 Å². The average Bonchev–Trinajstić information content (AvgIpc) is 3.18. The molecule has 1 heterocycles. The van der Waals surface area contributed by atoms with Gasteiger partial charge in [-0.3, -0.25) is 15.1 Å². The van der Waals surface area contributed by atoms with Crippen molar-refractivity contribution in [3.05, 3.63) is 107 Å². The van der Waals surface area contributed by atoms with Gasteiger partial charge in [-0.05, 0) is 65.6 Å². The Hall–Kier alpha value is -4.62. The van der Waals surface area contributed by atoms with Crippen LogP contribution in [0.25, 0.3) is 11.1 Å². The summed E-state index contributed by atoms with van der Waals surface area (Å²) in [4.78, 5) is 26.5. The predicted molar refractivity (Wildman–Crippen MR) is 150 cm³/mol. The lowest BCUT2D eigenvalue weighted by Gasteiger charge is -2.18. The molecule has 8 heteroatoms. The summed E-state index contributed by atoms with van der Waals surface area (Å²) in [6.07, 6.45) is 0. The molecule has 190 valence electrons. The number of carbonyl (C=O) groups is 2. The van der Waals surface area contributed by atoms with Crippen molar-refractivity contribution in [3.63, 3.8) is 0 Å². The van der Waals surface area contributed by atoms with Crippen molar-refractivity contribution in [3.8, 4) is 16.9 Å². The van der Waals surface area contributed by atoms with Crippen LogP contribution in [0.3, 0.4) is 0 Å². The fourth-order valence-corrected chi connectivity index (χ4v) is 4.57. The number of carbonyl (C=O) groups excluding carboxylic acids is 1. The predicted octanol–water partition coefficient (Wildman–Crippen LogP) is 7.03. The maximum Gasteiger partial charge on any atom is 0.335 e. The van der Waals surface area contributed by atoms with Crippen LogP contribution >= 0.6 is 11.6 Å². The molecule has 5 rings (SSSR count). The number of rotatable bonds is 6. The lowest BCUT2D eigenvalue weighted by Crippen LogP contribution is -2.26. The van der Waals surface area contributed by atoms with Crippen molar-refractivity contribution >= 4 is 46.3 Å². The van der Waals surface area contributed by atoms with Gasteiger partial charge in [0.2, 0.25) is 0 Å². The summed E-state index contributed by atoms with van der Waals surface area (Å²) in [6.45, 7) is 4.22. The van der Waals surface area contributed by atoms with Gasteiger partial charge in [-0.25, -0.2) is 4.79 Å². The Morgan fingerprint density at radius 1 is 0.947 bits per heavy atom. The number of carboxylic acid groups (broad SMARTS) is 1. The highest BCUT2D eigenvalue weighted by atomic mass is 35.5. The van der Waals surface area contributed by atoms with Crippen LogP contribution in [0.5, 0.6) is 5.75 Å². The summed E-state index contributed by atoms with van der Waals surface area (Å²) in [7, 11) is 0. The Morgan fingerprint density at radius 3 is 2.39 bits per heavy atom. The first kappa shape index (κ1) is 25.0. The molecule has 0 aliphatic carbocycles. The van der Waals surface area contributed by atoms with Crippen molar-refractivity contribution in [1.82, 2.24) is 0 Å². The third-order valence-corrected chi connectivity index (χ3v) is 6.66. The zero-order valence-corrected chi connectivity index (χ0v) is 21.4. The lowest BCUT2D eigenvalue weighted by atomic mass is 10.0. The number of aromatic hydroxyl groups is 1. The fourth-order valence-electron chi connectivity index (χ4n) is 4.40. The van der Waals surface area contributed by atoms with Crippen LogP contribution in [0.1, 0.15) is 41.3 Å². The Morgan fingerprint density at radius 2 is 1.68 bits per heavy atom. The first-order valence-electron chi connectivity index (χ1n) is 12.0. The Balaban J connectivity index is 1.51. The smallest absolute Gasteiger partial charge is 0.335 e. The number of hydrogen-bond donors (Lipinski definition) is 3. The second kappa shape index (κ2) is 10.0. The first-order valence-corrected chi connectivity index (χ1v) is 12.4. The molecule has 4 aromatic rings. The minimum absolute atomic E-state index is 0.104. The van der Waals surface area contributed by atoms with E-state index in [1.165, 1.54) is 12.1 Å². The van der Waals surface area contributed by atoms with Crippen LogP contribution < -0.4 is 10.3 Å². The first-order chi connectivity index (χ1) is 18.2. The molecule has 0 atom stereocenters. The third-order valence-electron chi connectivity index (χ3n) is 6.42. The second-order valence-electron chi connectivity index (χ2n) is 9.21. The summed E-state index contributed by atoms with van der Waals surface area (Å²) >= 11 is 6.26. The number of aromatic carboxylic acids is 1. The van der Waals surface area contributed by atoms with Gasteiger partial charge >= 0.3 is 5.97 Å². The molecule has 38 heavy (non-hydrogen) atoms. The Labute approximate surface area is 224 Å². The molecule has 0 radical (unpaired) electrons. The molecular weight excluding hydrogens is 502 g/mol. The zero-order valence-electron chi connectivity index (χ0n) is 20.6. The van der Waals surface area contributed by atoms with E-state index in [1.807, 2.05) is 24.3 Å². The van der Waals surface area contributed by atoms with Gasteiger partial charge < -0.3 is 10.2 Å². The largest absolute Gasteiger partial charge is 0.505 e. The second-order valence-corrected chi connectivity index (χ2v) is 9.64. The number of amides is 1. The van der Waals surface area contributed by atoms with Crippen LogP contribution in [0.2, 0.25) is 5.02 Å². The van der Waals surface area contributed by atoms with E-state index in [-0.39, 0.29) is 28.6 Å². The van der Waals surface area contributed by atoms with Crippen LogP contribution in [0.15, 0.2) is 90.0 Å². The standard InChI is InChI=1S/C30H24ClN3O4/c1-17(2)18-9-12-22(13-10-18)34-26-14-11-21(31)16-24(26)27(29(34)36)33-32-25-8-4-7-23(28(25)35)19-5-3-6-20(15-19)30(37)38/h3-17,32,35H,1-2H3,(H,37,38)/b33-27-. The fraction of sp³-hybridized carbons (Fsp3) is 0.100. The van der Waals surface area contributed by atoms with Crippen LogP contribution in [-0.2, 0) is 4.79 Å². The SMILES string of the molecule is CC(C)c1ccc(N2C(=O)/C(=N\Nc3cccc(-c4cccc(C(=O)O)c4)c3O)c3cc(Cl)ccc32)cc1. The minimum atomic E-state index is -1.06. The van der Waals surface area contributed by atoms with Gasteiger partial charge in [0.25, 0.3) is 5.91 Å². The van der Waals surface area contributed by atoms with Gasteiger partial charge in [-0.1, -0.05) is 61.8 Å². The number of carboxylic acids is 1. The van der Waals surface area contributed by atoms with Gasteiger partial charge in [0.15, 0.2) is 5.71 Å².